The average Bonchev–Trinajstić information content (AvgIpc) is 2.51. The van der Waals surface area contributed by atoms with Crippen LogP contribution in [0.1, 0.15) is 49.3 Å². The normalized spacial score (nSPS) is 13.1. The second-order valence-electron chi connectivity index (χ2n) is 6.42. The van der Waals surface area contributed by atoms with Crippen molar-refractivity contribution in [2.24, 2.45) is 0 Å². The molecule has 0 heterocycles. The molecule has 2 aromatic carbocycles. The highest BCUT2D eigenvalue weighted by molar-refractivity contribution is 7.85. The van der Waals surface area contributed by atoms with E-state index in [-0.39, 0.29) is 10.8 Å². The molecule has 0 radical (unpaired) electrons. The SMILES string of the molecule is Cc1ccc(S(=O)(=O)O)c(C(C)COc2ccccc2C(C)C)c1. The van der Waals surface area contributed by atoms with E-state index >= 15 is 0 Å². The van der Waals surface area contributed by atoms with Crippen molar-refractivity contribution in [1.82, 2.24) is 0 Å². The molecule has 0 fully saturated rings. The van der Waals surface area contributed by atoms with Crippen molar-refractivity contribution in [1.29, 1.82) is 0 Å². The summed E-state index contributed by atoms with van der Waals surface area (Å²) in [6.45, 7) is 8.31. The molecular weight excluding hydrogens is 324 g/mol. The van der Waals surface area contributed by atoms with Gasteiger partial charge in [-0.25, -0.2) is 0 Å². The zero-order chi connectivity index (χ0) is 17.9. The summed E-state index contributed by atoms with van der Waals surface area (Å²) in [5.41, 5.74) is 2.62. The predicted octanol–water partition coefficient (Wildman–Crippen LogP) is 4.55. The number of rotatable bonds is 6. The van der Waals surface area contributed by atoms with Crippen LogP contribution in [-0.2, 0) is 10.1 Å². The number of hydrogen-bond donors (Lipinski definition) is 1. The Kier molecular flexibility index (Phi) is 5.67. The highest BCUT2D eigenvalue weighted by Gasteiger charge is 2.20. The van der Waals surface area contributed by atoms with Gasteiger partial charge in [-0.05, 0) is 36.1 Å². The first-order valence-electron chi connectivity index (χ1n) is 8.00. The zero-order valence-corrected chi connectivity index (χ0v) is 15.3. The van der Waals surface area contributed by atoms with Crippen LogP contribution in [0.2, 0.25) is 0 Å². The van der Waals surface area contributed by atoms with Crippen molar-refractivity contribution < 1.29 is 17.7 Å². The van der Waals surface area contributed by atoms with E-state index in [1.165, 1.54) is 6.07 Å². The molecule has 0 aliphatic rings. The van der Waals surface area contributed by atoms with Crippen molar-refractivity contribution in [3.05, 3.63) is 59.2 Å². The minimum Gasteiger partial charge on any atom is -0.493 e. The molecule has 1 unspecified atom stereocenters. The summed E-state index contributed by atoms with van der Waals surface area (Å²) in [5.74, 6) is 0.964. The van der Waals surface area contributed by atoms with E-state index < -0.39 is 10.1 Å². The maximum absolute atomic E-state index is 11.6. The molecule has 2 rings (SSSR count). The fraction of sp³-hybridized carbons (Fsp3) is 0.368. The Balaban J connectivity index is 2.26. The quantitative estimate of drug-likeness (QED) is 0.778. The summed E-state index contributed by atoms with van der Waals surface area (Å²) in [4.78, 5) is -0.0543. The molecular formula is C19H24O4S. The summed E-state index contributed by atoms with van der Waals surface area (Å²) in [5, 5.41) is 0. The first-order chi connectivity index (χ1) is 11.2. The van der Waals surface area contributed by atoms with Crippen LogP contribution < -0.4 is 4.74 Å². The van der Waals surface area contributed by atoms with E-state index in [4.69, 9.17) is 4.74 Å². The van der Waals surface area contributed by atoms with E-state index in [2.05, 4.69) is 13.8 Å². The highest BCUT2D eigenvalue weighted by atomic mass is 32.2. The molecule has 1 atom stereocenters. The molecule has 0 amide bonds. The third-order valence-electron chi connectivity index (χ3n) is 4.00. The molecule has 0 spiro atoms. The molecule has 0 saturated heterocycles. The van der Waals surface area contributed by atoms with Crippen LogP contribution in [0.25, 0.3) is 0 Å². The van der Waals surface area contributed by atoms with Gasteiger partial charge in [0.15, 0.2) is 0 Å². The van der Waals surface area contributed by atoms with Crippen LogP contribution in [0.3, 0.4) is 0 Å². The Hall–Kier alpha value is -1.85. The predicted molar refractivity (Wildman–Crippen MR) is 95.4 cm³/mol. The first-order valence-corrected chi connectivity index (χ1v) is 9.44. The van der Waals surface area contributed by atoms with Crippen molar-refractivity contribution in [3.8, 4) is 5.75 Å². The largest absolute Gasteiger partial charge is 0.493 e. The lowest BCUT2D eigenvalue weighted by Crippen LogP contribution is -2.13. The van der Waals surface area contributed by atoms with Crippen LogP contribution in [0.5, 0.6) is 5.75 Å². The molecule has 24 heavy (non-hydrogen) atoms. The van der Waals surface area contributed by atoms with Crippen LogP contribution in [0.4, 0.5) is 0 Å². The van der Waals surface area contributed by atoms with Crippen LogP contribution in [0, 0.1) is 6.92 Å². The molecule has 0 aromatic heterocycles. The topological polar surface area (TPSA) is 63.6 Å². The van der Waals surface area contributed by atoms with Gasteiger partial charge in [0, 0.05) is 5.92 Å². The lowest BCUT2D eigenvalue weighted by Gasteiger charge is -2.19. The molecule has 0 saturated carbocycles. The Morgan fingerprint density at radius 2 is 1.71 bits per heavy atom. The van der Waals surface area contributed by atoms with E-state index in [0.717, 1.165) is 16.9 Å². The van der Waals surface area contributed by atoms with Crippen molar-refractivity contribution in [3.63, 3.8) is 0 Å². The minimum atomic E-state index is -4.26. The Labute approximate surface area is 144 Å². The Bertz CT molecular complexity index is 810. The van der Waals surface area contributed by atoms with E-state index in [9.17, 15) is 13.0 Å². The molecule has 2 aromatic rings. The summed E-state index contributed by atoms with van der Waals surface area (Å²) in [7, 11) is -4.26. The second-order valence-corrected chi connectivity index (χ2v) is 7.81. The molecule has 0 aliphatic heterocycles. The lowest BCUT2D eigenvalue weighted by molar-refractivity contribution is 0.290. The number of aryl methyl sites for hydroxylation is 1. The molecule has 4 nitrogen and oxygen atoms in total. The standard InChI is InChI=1S/C19H24O4S/c1-13(2)16-7-5-6-8-18(16)23-12-15(4)17-11-14(3)9-10-19(17)24(20,21)22/h5-11,13,15H,12H2,1-4H3,(H,20,21,22). The fourth-order valence-electron chi connectivity index (χ4n) is 2.68. The number of para-hydroxylation sites is 1. The summed E-state index contributed by atoms with van der Waals surface area (Å²) in [6, 6.07) is 12.7. The van der Waals surface area contributed by atoms with Gasteiger partial charge in [0.1, 0.15) is 5.75 Å². The molecule has 5 heteroatoms. The summed E-state index contributed by atoms with van der Waals surface area (Å²) in [6.07, 6.45) is 0. The van der Waals surface area contributed by atoms with Gasteiger partial charge in [-0.1, -0.05) is 56.7 Å². The Morgan fingerprint density at radius 3 is 2.33 bits per heavy atom. The summed E-state index contributed by atoms with van der Waals surface area (Å²) >= 11 is 0. The van der Waals surface area contributed by atoms with Crippen molar-refractivity contribution >= 4 is 10.1 Å². The molecule has 0 bridgehead atoms. The van der Waals surface area contributed by atoms with Crippen LogP contribution >= 0.6 is 0 Å². The monoisotopic (exact) mass is 348 g/mol. The molecule has 130 valence electrons. The number of ether oxygens (including phenoxy) is 1. The maximum Gasteiger partial charge on any atom is 0.294 e. The lowest BCUT2D eigenvalue weighted by atomic mass is 9.99. The summed E-state index contributed by atoms with van der Waals surface area (Å²) < 4.78 is 38.6. The average molecular weight is 348 g/mol. The Morgan fingerprint density at radius 1 is 1.04 bits per heavy atom. The third-order valence-corrected chi connectivity index (χ3v) is 4.93. The zero-order valence-electron chi connectivity index (χ0n) is 14.5. The van der Waals surface area contributed by atoms with Crippen LogP contribution in [0.15, 0.2) is 47.4 Å². The van der Waals surface area contributed by atoms with Crippen molar-refractivity contribution in [2.75, 3.05) is 6.61 Å². The van der Waals surface area contributed by atoms with Gasteiger partial charge in [-0.2, -0.15) is 8.42 Å². The van der Waals surface area contributed by atoms with Gasteiger partial charge in [-0.15, -0.1) is 0 Å². The van der Waals surface area contributed by atoms with E-state index in [1.54, 1.807) is 12.1 Å². The fourth-order valence-corrected chi connectivity index (χ4v) is 3.48. The minimum absolute atomic E-state index is 0.0543. The first kappa shape index (κ1) is 18.5. The van der Waals surface area contributed by atoms with Gasteiger partial charge >= 0.3 is 0 Å². The van der Waals surface area contributed by atoms with Gasteiger partial charge in [0.05, 0.1) is 11.5 Å². The second kappa shape index (κ2) is 7.36. The number of benzene rings is 2. The smallest absolute Gasteiger partial charge is 0.294 e. The third kappa shape index (κ3) is 4.36. The molecule has 1 N–H and O–H groups in total. The highest BCUT2D eigenvalue weighted by Crippen LogP contribution is 2.29. The van der Waals surface area contributed by atoms with Gasteiger partial charge < -0.3 is 4.74 Å². The van der Waals surface area contributed by atoms with Gasteiger partial charge in [0.25, 0.3) is 10.1 Å². The van der Waals surface area contributed by atoms with Gasteiger partial charge in [0.2, 0.25) is 0 Å². The van der Waals surface area contributed by atoms with Crippen molar-refractivity contribution in [2.45, 2.75) is 44.4 Å². The van der Waals surface area contributed by atoms with E-state index in [1.807, 2.05) is 38.1 Å². The van der Waals surface area contributed by atoms with E-state index in [0.29, 0.717) is 18.1 Å². The maximum atomic E-state index is 11.6. The van der Waals surface area contributed by atoms with Gasteiger partial charge in [-0.3, -0.25) is 4.55 Å². The van der Waals surface area contributed by atoms with Crippen LogP contribution in [-0.4, -0.2) is 19.6 Å². The molecule has 0 aliphatic carbocycles. The number of hydrogen-bond acceptors (Lipinski definition) is 3.